The Balaban J connectivity index is 1.68. The van der Waals surface area contributed by atoms with E-state index in [0.29, 0.717) is 17.2 Å². The average molecular weight is 399 g/mol. The van der Waals surface area contributed by atoms with E-state index in [1.807, 2.05) is 18.2 Å². The Bertz CT molecular complexity index is 672. The molecule has 1 aromatic heterocycles. The first-order valence-electron chi connectivity index (χ1n) is 5.90. The lowest BCUT2D eigenvalue weighted by Crippen LogP contribution is -2.33. The van der Waals surface area contributed by atoms with Crippen LogP contribution in [0.15, 0.2) is 29.8 Å². The van der Waals surface area contributed by atoms with Gasteiger partial charge in [0.25, 0.3) is 5.91 Å². The lowest BCUT2D eigenvalue weighted by Gasteiger charge is -2.14. The fourth-order valence-electron chi connectivity index (χ4n) is 2.08. The summed E-state index contributed by atoms with van der Waals surface area (Å²) in [4.78, 5) is 29.6. The van der Waals surface area contributed by atoms with E-state index in [9.17, 15) is 9.59 Å². The van der Waals surface area contributed by atoms with Crippen LogP contribution in [0.5, 0.6) is 0 Å². The third kappa shape index (κ3) is 2.68. The second-order valence-corrected chi connectivity index (χ2v) is 6.49. The molecule has 0 fully saturated rings. The highest BCUT2D eigenvalue weighted by Gasteiger charge is 2.28. The van der Waals surface area contributed by atoms with Crippen LogP contribution in [0.3, 0.4) is 0 Å². The molecule has 0 spiro atoms. The monoisotopic (exact) mass is 399 g/mol. The summed E-state index contributed by atoms with van der Waals surface area (Å²) in [7, 11) is 0. The van der Waals surface area contributed by atoms with E-state index in [1.54, 1.807) is 16.5 Å². The molecule has 7 heteroatoms. The topological polar surface area (TPSA) is 62.3 Å². The average Bonchev–Trinajstić information content (AvgIpc) is 3.00. The lowest BCUT2D eigenvalue weighted by molar-refractivity contribution is -0.116. The van der Waals surface area contributed by atoms with E-state index in [4.69, 9.17) is 0 Å². The molecule has 3 rings (SSSR count). The molecule has 2 aromatic rings. The van der Waals surface area contributed by atoms with Crippen molar-refractivity contribution in [2.75, 3.05) is 11.9 Å². The predicted molar refractivity (Wildman–Crippen MR) is 84.6 cm³/mol. The summed E-state index contributed by atoms with van der Waals surface area (Å²) in [6.07, 6.45) is 1.62. The fourth-order valence-corrected chi connectivity index (χ4v) is 3.11. The quantitative estimate of drug-likeness (QED) is 0.807. The molecule has 1 aliphatic rings. The Labute approximate surface area is 133 Å². The molecule has 0 aliphatic carbocycles. The van der Waals surface area contributed by atoms with Gasteiger partial charge in [-0.05, 0) is 40.3 Å². The number of amides is 2. The number of thiazole rings is 1. The maximum Gasteiger partial charge on any atom is 0.255 e. The second-order valence-electron chi connectivity index (χ2n) is 4.35. The Hall–Kier alpha value is -1.48. The molecule has 102 valence electrons. The van der Waals surface area contributed by atoms with Gasteiger partial charge in [0.15, 0.2) is 5.13 Å². The van der Waals surface area contributed by atoms with Crippen LogP contribution < -0.4 is 5.32 Å². The highest BCUT2D eigenvalue weighted by atomic mass is 127. The van der Waals surface area contributed by atoms with Crippen molar-refractivity contribution in [1.82, 2.24) is 9.88 Å². The van der Waals surface area contributed by atoms with Crippen LogP contribution in [0, 0.1) is 3.57 Å². The van der Waals surface area contributed by atoms with E-state index in [1.165, 1.54) is 11.3 Å². The second kappa shape index (κ2) is 5.49. The number of carbonyl (C=O) groups is 2. The van der Waals surface area contributed by atoms with Gasteiger partial charge >= 0.3 is 0 Å². The minimum absolute atomic E-state index is 0.0453. The molecular weight excluding hydrogens is 389 g/mol. The number of nitrogens with zero attached hydrogens (tertiary/aromatic N) is 2. The summed E-state index contributed by atoms with van der Waals surface area (Å²) in [5, 5.41) is 5.02. The number of carbonyl (C=O) groups excluding carboxylic acids is 2. The van der Waals surface area contributed by atoms with Gasteiger partial charge in [-0.2, -0.15) is 0 Å². The molecule has 2 heterocycles. The number of nitrogens with one attached hydrogen (secondary N) is 1. The lowest BCUT2D eigenvalue weighted by atomic mass is 10.1. The van der Waals surface area contributed by atoms with Gasteiger partial charge in [-0.25, -0.2) is 4.98 Å². The van der Waals surface area contributed by atoms with Crippen molar-refractivity contribution in [3.8, 4) is 0 Å². The van der Waals surface area contributed by atoms with Gasteiger partial charge in [0.1, 0.15) is 6.54 Å². The number of aromatic nitrogens is 1. The fraction of sp³-hybridized carbons (Fsp3) is 0.154. The summed E-state index contributed by atoms with van der Waals surface area (Å²) in [5.74, 6) is -0.316. The van der Waals surface area contributed by atoms with E-state index < -0.39 is 0 Å². The van der Waals surface area contributed by atoms with E-state index in [0.717, 1.165) is 9.13 Å². The van der Waals surface area contributed by atoms with Gasteiger partial charge in [0, 0.05) is 27.3 Å². The predicted octanol–water partition coefficient (Wildman–Crippen LogP) is 2.34. The normalized spacial score (nSPS) is 13.4. The van der Waals surface area contributed by atoms with Crippen molar-refractivity contribution in [2.24, 2.45) is 0 Å². The molecule has 0 radical (unpaired) electrons. The highest BCUT2D eigenvalue weighted by molar-refractivity contribution is 14.1. The van der Waals surface area contributed by atoms with Gasteiger partial charge in [-0.3, -0.25) is 9.59 Å². The van der Waals surface area contributed by atoms with Crippen molar-refractivity contribution < 1.29 is 9.59 Å². The molecule has 0 bridgehead atoms. The van der Waals surface area contributed by atoms with Crippen LogP contribution in [-0.4, -0.2) is 28.2 Å². The Morgan fingerprint density at radius 1 is 1.50 bits per heavy atom. The third-order valence-corrected chi connectivity index (χ3v) is 4.32. The molecule has 2 amide bonds. The minimum atomic E-state index is -0.226. The van der Waals surface area contributed by atoms with E-state index >= 15 is 0 Å². The van der Waals surface area contributed by atoms with Crippen LogP contribution in [0.1, 0.15) is 15.9 Å². The number of anilines is 1. The molecule has 0 unspecified atom stereocenters. The standard InChI is InChI=1S/C13H10IN3O2S/c14-9-2-1-8-6-17(12(19)10(8)5-9)7-11(18)16-13-15-3-4-20-13/h1-5H,6-7H2,(H,15,16,18). The smallest absolute Gasteiger partial charge is 0.255 e. The zero-order valence-corrected chi connectivity index (χ0v) is 13.3. The van der Waals surface area contributed by atoms with Crippen molar-refractivity contribution in [3.05, 3.63) is 44.5 Å². The Kier molecular flexibility index (Phi) is 3.70. The molecule has 1 aliphatic heterocycles. The van der Waals surface area contributed by atoms with Crippen molar-refractivity contribution in [3.63, 3.8) is 0 Å². The first kappa shape index (κ1) is 13.5. The molecule has 0 saturated carbocycles. The molecular formula is C13H10IN3O2S. The van der Waals surface area contributed by atoms with Crippen molar-refractivity contribution in [1.29, 1.82) is 0 Å². The van der Waals surface area contributed by atoms with Gasteiger partial charge in [-0.15, -0.1) is 11.3 Å². The maximum absolute atomic E-state index is 12.2. The molecule has 1 N–H and O–H groups in total. The highest BCUT2D eigenvalue weighted by Crippen LogP contribution is 2.24. The van der Waals surface area contributed by atoms with Crippen LogP contribution >= 0.6 is 33.9 Å². The van der Waals surface area contributed by atoms with Gasteiger partial charge < -0.3 is 10.2 Å². The van der Waals surface area contributed by atoms with Crippen LogP contribution in [0.25, 0.3) is 0 Å². The summed E-state index contributed by atoms with van der Waals surface area (Å²) >= 11 is 3.52. The van der Waals surface area contributed by atoms with Gasteiger partial charge in [-0.1, -0.05) is 6.07 Å². The number of hydrogen-bond donors (Lipinski definition) is 1. The molecule has 20 heavy (non-hydrogen) atoms. The third-order valence-electron chi connectivity index (χ3n) is 2.96. The molecule has 5 nitrogen and oxygen atoms in total. The van der Waals surface area contributed by atoms with Crippen LogP contribution in [0.4, 0.5) is 5.13 Å². The van der Waals surface area contributed by atoms with Crippen LogP contribution in [0.2, 0.25) is 0 Å². The first-order chi connectivity index (χ1) is 9.63. The largest absolute Gasteiger partial charge is 0.325 e. The Morgan fingerprint density at radius 2 is 2.35 bits per heavy atom. The first-order valence-corrected chi connectivity index (χ1v) is 7.86. The number of benzene rings is 1. The van der Waals surface area contributed by atoms with Crippen molar-refractivity contribution in [2.45, 2.75) is 6.54 Å². The van der Waals surface area contributed by atoms with E-state index in [2.05, 4.69) is 32.9 Å². The Morgan fingerprint density at radius 3 is 3.10 bits per heavy atom. The van der Waals surface area contributed by atoms with Gasteiger partial charge in [0.2, 0.25) is 5.91 Å². The number of rotatable bonds is 3. The van der Waals surface area contributed by atoms with Crippen LogP contribution in [-0.2, 0) is 11.3 Å². The van der Waals surface area contributed by atoms with E-state index in [-0.39, 0.29) is 18.4 Å². The number of fused-ring (bicyclic) bond motifs is 1. The van der Waals surface area contributed by atoms with Gasteiger partial charge in [0.05, 0.1) is 0 Å². The minimum Gasteiger partial charge on any atom is -0.325 e. The number of hydrogen-bond acceptors (Lipinski definition) is 4. The SMILES string of the molecule is O=C(CN1Cc2ccc(I)cc2C1=O)Nc1nccs1. The molecule has 1 aromatic carbocycles. The van der Waals surface area contributed by atoms with Crippen molar-refractivity contribution >= 4 is 50.9 Å². The molecule has 0 saturated heterocycles. The summed E-state index contributed by atoms with van der Waals surface area (Å²) in [6.45, 7) is 0.528. The molecule has 0 atom stereocenters. The zero-order valence-electron chi connectivity index (χ0n) is 10.3. The summed E-state index contributed by atoms with van der Waals surface area (Å²) in [5.41, 5.74) is 1.66. The summed E-state index contributed by atoms with van der Waals surface area (Å²) in [6, 6.07) is 5.76. The summed E-state index contributed by atoms with van der Waals surface area (Å²) < 4.78 is 1.02. The zero-order chi connectivity index (χ0) is 14.1. The maximum atomic E-state index is 12.2. The number of halogens is 1.